The van der Waals surface area contributed by atoms with E-state index >= 15 is 0 Å². The SMILES string of the molecule is COc1ccc(Cl)cc1CC1CC/C(=N\Oc2ccc(F)cc2)CN(C(=O)CCc2ccc(C(=O)O)c(N)c2)C1=O. The van der Waals surface area contributed by atoms with Crippen molar-refractivity contribution in [1.82, 2.24) is 4.90 Å². The molecular formula is C30H29ClFN3O6. The summed E-state index contributed by atoms with van der Waals surface area (Å²) in [5.74, 6) is -2.00. The average Bonchev–Trinajstić information content (AvgIpc) is 3.10. The van der Waals surface area contributed by atoms with Crippen LogP contribution >= 0.6 is 11.6 Å². The normalized spacial score (nSPS) is 16.4. The predicted molar refractivity (Wildman–Crippen MR) is 152 cm³/mol. The van der Waals surface area contributed by atoms with Gasteiger partial charge in [-0.25, -0.2) is 9.18 Å². The van der Waals surface area contributed by atoms with E-state index in [2.05, 4.69) is 5.16 Å². The van der Waals surface area contributed by atoms with Crippen molar-refractivity contribution in [2.45, 2.75) is 32.1 Å². The first-order valence-electron chi connectivity index (χ1n) is 12.9. The summed E-state index contributed by atoms with van der Waals surface area (Å²) in [5, 5.41) is 13.9. The Morgan fingerprint density at radius 1 is 1.15 bits per heavy atom. The fourth-order valence-electron chi connectivity index (χ4n) is 4.63. The van der Waals surface area contributed by atoms with Gasteiger partial charge in [0, 0.05) is 23.0 Å². The van der Waals surface area contributed by atoms with Gasteiger partial charge in [-0.3, -0.25) is 14.5 Å². The fourth-order valence-corrected chi connectivity index (χ4v) is 4.83. The molecule has 3 aromatic rings. The zero-order valence-corrected chi connectivity index (χ0v) is 23.1. The number of methoxy groups -OCH3 is 1. The Bertz CT molecular complexity index is 1480. The minimum Gasteiger partial charge on any atom is -0.496 e. The summed E-state index contributed by atoms with van der Waals surface area (Å²) in [6.45, 7) is -0.0673. The molecule has 4 rings (SSSR count). The molecule has 3 aromatic carbocycles. The van der Waals surface area contributed by atoms with Crippen molar-refractivity contribution in [3.63, 3.8) is 0 Å². The maximum absolute atomic E-state index is 13.7. The first-order chi connectivity index (χ1) is 19.6. The number of likely N-dealkylation sites (tertiary alicyclic amines) is 1. The summed E-state index contributed by atoms with van der Waals surface area (Å²) in [4.78, 5) is 45.1. The van der Waals surface area contributed by atoms with Gasteiger partial charge in [-0.15, -0.1) is 0 Å². The van der Waals surface area contributed by atoms with E-state index in [-0.39, 0.29) is 36.5 Å². The fraction of sp³-hybridized carbons (Fsp3) is 0.267. The van der Waals surface area contributed by atoms with Crippen LogP contribution in [0.3, 0.4) is 0 Å². The highest BCUT2D eigenvalue weighted by Crippen LogP contribution is 2.29. The number of hydrogen-bond donors (Lipinski definition) is 2. The van der Waals surface area contributed by atoms with E-state index in [9.17, 15) is 23.9 Å². The Kier molecular flexibility index (Phi) is 9.57. The molecule has 41 heavy (non-hydrogen) atoms. The lowest BCUT2D eigenvalue weighted by Crippen LogP contribution is -2.42. The molecule has 1 aliphatic rings. The van der Waals surface area contributed by atoms with Crippen LogP contribution in [0.1, 0.15) is 40.7 Å². The molecule has 3 N–H and O–H groups in total. The van der Waals surface area contributed by atoms with Crippen LogP contribution < -0.4 is 15.3 Å². The third-order valence-corrected chi connectivity index (χ3v) is 7.05. The largest absolute Gasteiger partial charge is 0.496 e. The van der Waals surface area contributed by atoms with E-state index in [1.54, 1.807) is 24.3 Å². The van der Waals surface area contributed by atoms with Crippen LogP contribution in [0.25, 0.3) is 0 Å². The number of anilines is 1. The number of benzene rings is 3. The Morgan fingerprint density at radius 2 is 1.90 bits per heavy atom. The van der Waals surface area contributed by atoms with E-state index in [1.807, 2.05) is 0 Å². The van der Waals surface area contributed by atoms with Gasteiger partial charge in [-0.05, 0) is 91.4 Å². The molecule has 0 aliphatic carbocycles. The van der Waals surface area contributed by atoms with Crippen LogP contribution in [0.15, 0.2) is 65.8 Å². The molecular weight excluding hydrogens is 553 g/mol. The summed E-state index contributed by atoms with van der Waals surface area (Å²) in [7, 11) is 1.53. The second-order valence-electron chi connectivity index (χ2n) is 9.64. The lowest BCUT2D eigenvalue weighted by molar-refractivity contribution is -0.146. The van der Waals surface area contributed by atoms with Gasteiger partial charge < -0.3 is 20.4 Å². The van der Waals surface area contributed by atoms with Crippen LogP contribution in [0.2, 0.25) is 5.02 Å². The minimum absolute atomic E-state index is 0.0170. The Hall–Kier alpha value is -4.44. The van der Waals surface area contributed by atoms with Crippen molar-refractivity contribution >= 4 is 40.8 Å². The number of ether oxygens (including phenoxy) is 1. The predicted octanol–water partition coefficient (Wildman–Crippen LogP) is 5.14. The zero-order chi connectivity index (χ0) is 29.5. The van der Waals surface area contributed by atoms with Gasteiger partial charge in [0.1, 0.15) is 11.6 Å². The van der Waals surface area contributed by atoms with E-state index < -0.39 is 23.6 Å². The molecule has 1 heterocycles. The number of halogens is 2. The zero-order valence-electron chi connectivity index (χ0n) is 22.3. The maximum atomic E-state index is 13.7. The highest BCUT2D eigenvalue weighted by atomic mass is 35.5. The molecule has 0 saturated carbocycles. The second-order valence-corrected chi connectivity index (χ2v) is 10.1. The highest BCUT2D eigenvalue weighted by molar-refractivity contribution is 6.30. The number of carbonyl (C=O) groups is 3. The van der Waals surface area contributed by atoms with E-state index in [0.29, 0.717) is 47.1 Å². The number of carboxylic acids is 1. The summed E-state index contributed by atoms with van der Waals surface area (Å²) in [5.41, 5.74) is 7.80. The molecule has 2 amide bonds. The number of nitrogens with zero attached hydrogens (tertiary/aromatic N) is 2. The van der Waals surface area contributed by atoms with Crippen LogP contribution in [0, 0.1) is 11.7 Å². The van der Waals surface area contributed by atoms with Crippen LogP contribution in [-0.2, 0) is 22.4 Å². The number of imide groups is 1. The van der Waals surface area contributed by atoms with Gasteiger partial charge in [0.15, 0.2) is 5.75 Å². The quantitative estimate of drug-likeness (QED) is 0.264. The molecule has 214 valence electrons. The molecule has 0 radical (unpaired) electrons. The number of nitrogen functional groups attached to an aromatic ring is 1. The van der Waals surface area contributed by atoms with Gasteiger partial charge >= 0.3 is 5.97 Å². The molecule has 1 atom stereocenters. The number of hydrogen-bond acceptors (Lipinski definition) is 7. The van der Waals surface area contributed by atoms with Crippen molar-refractivity contribution in [2.24, 2.45) is 11.1 Å². The molecule has 1 fully saturated rings. The lowest BCUT2D eigenvalue weighted by atomic mass is 9.93. The maximum Gasteiger partial charge on any atom is 0.337 e. The molecule has 1 aliphatic heterocycles. The average molecular weight is 582 g/mol. The minimum atomic E-state index is -1.14. The number of aryl methyl sites for hydroxylation is 1. The number of carboxylic acid groups (broad SMARTS) is 1. The van der Waals surface area contributed by atoms with Gasteiger partial charge in [-0.2, -0.15) is 0 Å². The molecule has 1 unspecified atom stereocenters. The smallest absolute Gasteiger partial charge is 0.337 e. The van der Waals surface area contributed by atoms with E-state index in [4.69, 9.17) is 26.9 Å². The number of carbonyl (C=O) groups excluding carboxylic acids is 2. The molecule has 1 saturated heterocycles. The topological polar surface area (TPSA) is 132 Å². The second kappa shape index (κ2) is 13.3. The molecule has 0 aromatic heterocycles. The third kappa shape index (κ3) is 7.61. The van der Waals surface area contributed by atoms with Gasteiger partial charge in [0.2, 0.25) is 11.8 Å². The van der Waals surface area contributed by atoms with Crippen LogP contribution in [0.4, 0.5) is 10.1 Å². The van der Waals surface area contributed by atoms with Crippen molar-refractivity contribution in [1.29, 1.82) is 0 Å². The van der Waals surface area contributed by atoms with E-state index in [1.165, 1.54) is 48.4 Å². The van der Waals surface area contributed by atoms with Crippen LogP contribution in [-0.4, -0.2) is 47.2 Å². The molecule has 0 bridgehead atoms. The number of nitrogens with two attached hydrogens (primary N) is 1. The monoisotopic (exact) mass is 581 g/mol. The number of amides is 2. The highest BCUT2D eigenvalue weighted by Gasteiger charge is 2.34. The number of rotatable bonds is 9. The molecule has 9 nitrogen and oxygen atoms in total. The lowest BCUT2D eigenvalue weighted by Gasteiger charge is -2.23. The summed E-state index contributed by atoms with van der Waals surface area (Å²) in [6.07, 6.45) is 1.31. The Morgan fingerprint density at radius 3 is 2.59 bits per heavy atom. The van der Waals surface area contributed by atoms with Gasteiger partial charge in [0.25, 0.3) is 0 Å². The van der Waals surface area contributed by atoms with Crippen molar-refractivity contribution < 1.29 is 33.5 Å². The van der Waals surface area contributed by atoms with Gasteiger partial charge in [0.05, 0.1) is 24.9 Å². The van der Waals surface area contributed by atoms with Gasteiger partial charge in [-0.1, -0.05) is 22.8 Å². The molecule has 0 spiro atoms. The number of aromatic carboxylic acids is 1. The summed E-state index contributed by atoms with van der Waals surface area (Å²) in [6, 6.07) is 15.0. The summed E-state index contributed by atoms with van der Waals surface area (Å²) >= 11 is 6.20. The first-order valence-corrected chi connectivity index (χ1v) is 13.3. The standard InChI is InChI=1S/C30H29ClFN3O6/c1-40-27-12-5-21(31)16-20(27)15-19-4-8-23(34-41-24-9-6-22(32)7-10-24)17-35(29(19)37)28(36)13-3-18-2-11-25(30(38)39)26(33)14-18/h2,5-7,9-12,14,16,19H,3-4,8,13,15,17,33H2,1H3,(H,38,39)/b34-23+. The number of oxime groups is 1. The third-order valence-electron chi connectivity index (χ3n) is 6.81. The van der Waals surface area contributed by atoms with Crippen molar-refractivity contribution in [3.8, 4) is 11.5 Å². The summed E-state index contributed by atoms with van der Waals surface area (Å²) < 4.78 is 18.7. The Balaban J connectivity index is 1.56. The van der Waals surface area contributed by atoms with Crippen molar-refractivity contribution in [2.75, 3.05) is 19.4 Å². The Labute approximate surface area is 241 Å². The van der Waals surface area contributed by atoms with Crippen molar-refractivity contribution in [3.05, 3.63) is 88.2 Å². The molecule has 11 heteroatoms. The first kappa shape index (κ1) is 29.5. The van der Waals surface area contributed by atoms with E-state index in [0.717, 1.165) is 5.56 Å². The van der Waals surface area contributed by atoms with Crippen LogP contribution in [0.5, 0.6) is 11.5 Å².